The minimum absolute atomic E-state index is 0.0739. The van der Waals surface area contributed by atoms with E-state index in [0.717, 1.165) is 6.07 Å². The fraction of sp³-hybridized carbons (Fsp3) is 0. The molecular weight excluding hydrogens is 205 g/mol. The van der Waals surface area contributed by atoms with Crippen molar-refractivity contribution in [1.82, 2.24) is 4.98 Å². The van der Waals surface area contributed by atoms with Crippen LogP contribution in [0.25, 0.3) is 0 Å². The Morgan fingerprint density at radius 2 is 2.08 bits per heavy atom. The number of aromatic carboxylic acids is 1. The van der Waals surface area contributed by atoms with Gasteiger partial charge >= 0.3 is 5.97 Å². The summed E-state index contributed by atoms with van der Waals surface area (Å²) >= 11 is 10.8. The van der Waals surface area contributed by atoms with Crippen LogP contribution >= 0.6 is 23.2 Å². The first kappa shape index (κ1) is 9.09. The van der Waals surface area contributed by atoms with E-state index in [-0.39, 0.29) is 15.9 Å². The number of nitrogens with zero attached hydrogens (tertiary/aromatic N) is 1. The average molecular weight is 208 g/mol. The maximum atomic E-state index is 10.4. The zero-order chi connectivity index (χ0) is 9.30. The summed E-state index contributed by atoms with van der Waals surface area (Å²) in [5, 5.41) is 17.2. The van der Waals surface area contributed by atoms with E-state index in [1.54, 1.807) is 0 Å². The minimum atomic E-state index is -1.31. The fourth-order valence-corrected chi connectivity index (χ4v) is 1.07. The molecule has 0 amide bonds. The van der Waals surface area contributed by atoms with E-state index in [1.807, 2.05) is 0 Å². The van der Waals surface area contributed by atoms with Crippen LogP contribution in [0.2, 0.25) is 10.3 Å². The summed E-state index contributed by atoms with van der Waals surface area (Å²) in [6, 6.07) is 1.02. The third-order valence-corrected chi connectivity index (χ3v) is 1.61. The molecule has 0 spiro atoms. The lowest BCUT2D eigenvalue weighted by Crippen LogP contribution is -1.98. The predicted molar refractivity (Wildman–Crippen MR) is 42.9 cm³/mol. The second kappa shape index (κ2) is 3.16. The Morgan fingerprint density at radius 3 is 2.58 bits per heavy atom. The summed E-state index contributed by atoms with van der Waals surface area (Å²) in [6.07, 6.45) is 0. The van der Waals surface area contributed by atoms with E-state index < -0.39 is 11.7 Å². The second-order valence-corrected chi connectivity index (χ2v) is 2.68. The van der Waals surface area contributed by atoms with Gasteiger partial charge in [0.2, 0.25) is 0 Å². The van der Waals surface area contributed by atoms with E-state index in [1.165, 1.54) is 0 Å². The molecule has 1 aromatic rings. The number of carboxylic acids is 1. The molecule has 0 fully saturated rings. The van der Waals surface area contributed by atoms with Gasteiger partial charge in [-0.1, -0.05) is 23.2 Å². The van der Waals surface area contributed by atoms with Gasteiger partial charge in [0, 0.05) is 0 Å². The molecule has 12 heavy (non-hydrogen) atoms. The highest BCUT2D eigenvalue weighted by Crippen LogP contribution is 2.27. The first-order valence-corrected chi connectivity index (χ1v) is 3.56. The topological polar surface area (TPSA) is 70.4 Å². The maximum Gasteiger partial charge on any atom is 0.339 e. The zero-order valence-electron chi connectivity index (χ0n) is 5.58. The van der Waals surface area contributed by atoms with Gasteiger partial charge in [-0.05, 0) is 6.07 Å². The van der Waals surface area contributed by atoms with Gasteiger partial charge in [0.25, 0.3) is 0 Å². The van der Waals surface area contributed by atoms with Crippen molar-refractivity contribution < 1.29 is 15.0 Å². The minimum Gasteiger partial charge on any atom is -0.504 e. The highest BCUT2D eigenvalue weighted by Gasteiger charge is 2.14. The van der Waals surface area contributed by atoms with E-state index in [4.69, 9.17) is 33.4 Å². The van der Waals surface area contributed by atoms with Gasteiger partial charge in [0.05, 0.1) is 0 Å². The molecule has 4 nitrogen and oxygen atoms in total. The monoisotopic (exact) mass is 207 g/mol. The highest BCUT2D eigenvalue weighted by atomic mass is 35.5. The third kappa shape index (κ3) is 1.60. The number of carbonyl (C=O) groups is 1. The molecule has 1 rings (SSSR count). The first-order chi connectivity index (χ1) is 5.52. The number of hydrogen-bond acceptors (Lipinski definition) is 3. The van der Waals surface area contributed by atoms with E-state index >= 15 is 0 Å². The van der Waals surface area contributed by atoms with Crippen LogP contribution in [0.15, 0.2) is 6.07 Å². The Bertz CT molecular complexity index is 340. The highest BCUT2D eigenvalue weighted by molar-refractivity contribution is 6.34. The molecule has 0 aliphatic rings. The Kier molecular flexibility index (Phi) is 2.40. The largest absolute Gasteiger partial charge is 0.504 e. The Labute approximate surface area is 77.4 Å². The van der Waals surface area contributed by atoms with Crippen LogP contribution in [0, 0.1) is 0 Å². The molecular formula is C6H3Cl2NO3. The molecule has 1 aromatic heterocycles. The lowest BCUT2D eigenvalue weighted by Gasteiger charge is -2.00. The summed E-state index contributed by atoms with van der Waals surface area (Å²) in [7, 11) is 0. The van der Waals surface area contributed by atoms with Crippen molar-refractivity contribution in [3.05, 3.63) is 21.9 Å². The number of hydrogen-bond donors (Lipinski definition) is 2. The molecule has 0 bridgehead atoms. The molecule has 6 heteroatoms. The molecule has 0 unspecified atom stereocenters. The van der Waals surface area contributed by atoms with Gasteiger partial charge in [0.1, 0.15) is 10.7 Å². The van der Waals surface area contributed by atoms with E-state index in [2.05, 4.69) is 4.98 Å². The molecule has 0 aliphatic heterocycles. The molecule has 0 atom stereocenters. The predicted octanol–water partition coefficient (Wildman–Crippen LogP) is 1.79. The van der Waals surface area contributed by atoms with Crippen molar-refractivity contribution in [2.75, 3.05) is 0 Å². The van der Waals surface area contributed by atoms with Crippen molar-refractivity contribution in [2.24, 2.45) is 0 Å². The Hall–Kier alpha value is -1.00. The number of carboxylic acid groups (broad SMARTS) is 1. The summed E-state index contributed by atoms with van der Waals surface area (Å²) in [6.45, 7) is 0. The van der Waals surface area contributed by atoms with Gasteiger partial charge in [-0.15, -0.1) is 0 Å². The van der Waals surface area contributed by atoms with Crippen LogP contribution in [0.4, 0.5) is 0 Å². The number of halogens is 2. The van der Waals surface area contributed by atoms with Crippen molar-refractivity contribution >= 4 is 29.2 Å². The zero-order valence-corrected chi connectivity index (χ0v) is 7.10. The van der Waals surface area contributed by atoms with E-state index in [0.29, 0.717) is 0 Å². The van der Waals surface area contributed by atoms with Gasteiger partial charge in [-0.3, -0.25) is 0 Å². The SMILES string of the molecule is O=C(O)c1cc(Cl)nc(Cl)c1O. The fourth-order valence-electron chi connectivity index (χ4n) is 0.641. The standard InChI is InChI=1S/C6H3Cl2NO3/c7-3-1-2(6(11)12)4(10)5(8)9-3/h1,10H,(H,11,12). The summed E-state index contributed by atoms with van der Waals surface area (Å²) in [4.78, 5) is 13.9. The first-order valence-electron chi connectivity index (χ1n) is 2.80. The second-order valence-electron chi connectivity index (χ2n) is 1.94. The molecule has 64 valence electrons. The van der Waals surface area contributed by atoms with Crippen LogP contribution < -0.4 is 0 Å². The quantitative estimate of drug-likeness (QED) is 0.690. The van der Waals surface area contributed by atoms with E-state index in [9.17, 15) is 4.79 Å². The molecule has 0 aliphatic carbocycles. The lowest BCUT2D eigenvalue weighted by atomic mass is 10.2. The molecule has 0 aromatic carbocycles. The molecule has 0 saturated heterocycles. The number of aromatic nitrogens is 1. The van der Waals surface area contributed by atoms with Crippen LogP contribution in [0.5, 0.6) is 5.75 Å². The average Bonchev–Trinajstić information content (AvgIpc) is 1.96. The van der Waals surface area contributed by atoms with Crippen molar-refractivity contribution in [1.29, 1.82) is 0 Å². The van der Waals surface area contributed by atoms with Crippen molar-refractivity contribution in [2.45, 2.75) is 0 Å². The van der Waals surface area contributed by atoms with Crippen molar-refractivity contribution in [3.63, 3.8) is 0 Å². The Balaban J connectivity index is 3.37. The summed E-state index contributed by atoms with van der Waals surface area (Å²) in [5.74, 6) is -1.88. The third-order valence-electron chi connectivity index (χ3n) is 1.15. The summed E-state index contributed by atoms with van der Waals surface area (Å²) < 4.78 is 0. The lowest BCUT2D eigenvalue weighted by molar-refractivity contribution is 0.0693. The van der Waals surface area contributed by atoms with Crippen LogP contribution in [-0.4, -0.2) is 21.2 Å². The Morgan fingerprint density at radius 1 is 1.50 bits per heavy atom. The van der Waals surface area contributed by atoms with Crippen LogP contribution in [0.1, 0.15) is 10.4 Å². The van der Waals surface area contributed by atoms with Crippen molar-refractivity contribution in [3.8, 4) is 5.75 Å². The van der Waals surface area contributed by atoms with Gasteiger partial charge < -0.3 is 10.2 Å². The molecule has 0 radical (unpaired) electrons. The molecule has 0 saturated carbocycles. The maximum absolute atomic E-state index is 10.4. The number of aromatic hydroxyl groups is 1. The van der Waals surface area contributed by atoms with Gasteiger partial charge in [0.15, 0.2) is 10.9 Å². The molecule has 2 N–H and O–H groups in total. The normalized spacial score (nSPS) is 9.83. The number of pyridine rings is 1. The summed E-state index contributed by atoms with van der Waals surface area (Å²) in [5.41, 5.74) is -0.361. The van der Waals surface area contributed by atoms with Gasteiger partial charge in [-0.25, -0.2) is 9.78 Å². The van der Waals surface area contributed by atoms with Gasteiger partial charge in [-0.2, -0.15) is 0 Å². The smallest absolute Gasteiger partial charge is 0.339 e. The van der Waals surface area contributed by atoms with Crippen LogP contribution in [-0.2, 0) is 0 Å². The number of rotatable bonds is 1. The van der Waals surface area contributed by atoms with Crippen LogP contribution in [0.3, 0.4) is 0 Å². The molecule has 1 heterocycles.